The van der Waals surface area contributed by atoms with E-state index in [4.69, 9.17) is 0 Å². The van der Waals surface area contributed by atoms with Gasteiger partial charge in [-0.1, -0.05) is 0 Å². The molecular formula is C16H24FN5O. The first kappa shape index (κ1) is 16.0. The maximum Gasteiger partial charge on any atom is 0.317 e. The molecule has 2 saturated heterocycles. The second-order valence-corrected chi connectivity index (χ2v) is 6.26. The predicted octanol–water partition coefficient (Wildman–Crippen LogP) is 1.19. The van der Waals surface area contributed by atoms with Crippen molar-refractivity contribution in [1.82, 2.24) is 20.5 Å². The summed E-state index contributed by atoms with van der Waals surface area (Å²) in [4.78, 5) is 20.3. The van der Waals surface area contributed by atoms with Crippen molar-refractivity contribution in [1.29, 1.82) is 0 Å². The molecule has 0 aliphatic carbocycles. The summed E-state index contributed by atoms with van der Waals surface area (Å²) in [6, 6.07) is 3.40. The number of hydrogen-bond donors (Lipinski definition) is 2. The fourth-order valence-electron chi connectivity index (χ4n) is 3.34. The van der Waals surface area contributed by atoms with Crippen molar-refractivity contribution in [2.45, 2.75) is 31.3 Å². The van der Waals surface area contributed by atoms with E-state index in [9.17, 15) is 9.18 Å². The Morgan fingerprint density at radius 1 is 1.30 bits per heavy atom. The molecule has 2 amide bonds. The van der Waals surface area contributed by atoms with Gasteiger partial charge in [-0.3, -0.25) is 0 Å². The van der Waals surface area contributed by atoms with E-state index in [2.05, 4.69) is 15.6 Å². The number of piperidine rings is 1. The standard InChI is InChI=1S/C16H24FN5O/c1-18-12-4-3-8-22(10-12)16(23)20-13-6-9-21(11-13)15-14(17)5-2-7-19-15/h2,5,7,12-13,18H,3-4,6,8-11H2,1H3,(H,20,23). The number of carbonyl (C=O) groups is 1. The summed E-state index contributed by atoms with van der Waals surface area (Å²) in [5.74, 6) is 0.0600. The molecule has 6 nitrogen and oxygen atoms in total. The van der Waals surface area contributed by atoms with Crippen molar-refractivity contribution in [3.8, 4) is 0 Å². The molecule has 0 bridgehead atoms. The first-order valence-electron chi connectivity index (χ1n) is 8.25. The van der Waals surface area contributed by atoms with E-state index in [0.29, 0.717) is 24.9 Å². The van der Waals surface area contributed by atoms with Crippen LogP contribution in [0.15, 0.2) is 18.3 Å². The lowest BCUT2D eigenvalue weighted by atomic mass is 10.1. The fourth-order valence-corrected chi connectivity index (χ4v) is 3.34. The molecule has 7 heteroatoms. The molecule has 2 fully saturated rings. The highest BCUT2D eigenvalue weighted by molar-refractivity contribution is 5.75. The quantitative estimate of drug-likeness (QED) is 0.878. The van der Waals surface area contributed by atoms with Crippen LogP contribution in [-0.2, 0) is 0 Å². The van der Waals surface area contributed by atoms with Crippen molar-refractivity contribution in [2.75, 3.05) is 38.1 Å². The minimum Gasteiger partial charge on any atom is -0.352 e. The van der Waals surface area contributed by atoms with Gasteiger partial charge in [0.1, 0.15) is 0 Å². The lowest BCUT2D eigenvalue weighted by Crippen LogP contribution is -2.52. The molecule has 3 rings (SSSR count). The Bertz CT molecular complexity index is 555. The van der Waals surface area contributed by atoms with E-state index in [1.54, 1.807) is 12.3 Å². The molecule has 3 heterocycles. The number of urea groups is 1. The van der Waals surface area contributed by atoms with Crippen LogP contribution in [0.2, 0.25) is 0 Å². The lowest BCUT2D eigenvalue weighted by molar-refractivity contribution is 0.172. The summed E-state index contributed by atoms with van der Waals surface area (Å²) in [6.07, 6.45) is 4.53. The Morgan fingerprint density at radius 3 is 2.96 bits per heavy atom. The molecule has 2 aliphatic rings. The van der Waals surface area contributed by atoms with E-state index >= 15 is 0 Å². The number of aromatic nitrogens is 1. The van der Waals surface area contributed by atoms with Gasteiger partial charge in [0.05, 0.1) is 0 Å². The molecule has 2 aliphatic heterocycles. The van der Waals surface area contributed by atoms with Crippen molar-refractivity contribution in [3.63, 3.8) is 0 Å². The van der Waals surface area contributed by atoms with Crippen LogP contribution in [0.1, 0.15) is 19.3 Å². The van der Waals surface area contributed by atoms with Crippen molar-refractivity contribution in [3.05, 3.63) is 24.1 Å². The van der Waals surface area contributed by atoms with Crippen molar-refractivity contribution < 1.29 is 9.18 Å². The van der Waals surface area contributed by atoms with Crippen LogP contribution in [0.4, 0.5) is 15.0 Å². The third kappa shape index (κ3) is 3.72. The Morgan fingerprint density at radius 2 is 2.17 bits per heavy atom. The Kier molecular flexibility index (Phi) is 4.95. The van der Waals surface area contributed by atoms with E-state index in [0.717, 1.165) is 32.4 Å². The van der Waals surface area contributed by atoms with E-state index in [1.807, 2.05) is 16.8 Å². The number of anilines is 1. The summed E-state index contributed by atoms with van der Waals surface area (Å²) in [6.45, 7) is 2.85. The average Bonchev–Trinajstić information content (AvgIpc) is 3.03. The van der Waals surface area contributed by atoms with Crippen LogP contribution in [0.3, 0.4) is 0 Å². The van der Waals surface area contributed by atoms with E-state index < -0.39 is 0 Å². The van der Waals surface area contributed by atoms with E-state index in [1.165, 1.54) is 6.07 Å². The number of likely N-dealkylation sites (N-methyl/N-ethyl adjacent to an activating group) is 1. The molecule has 0 spiro atoms. The number of amides is 2. The first-order valence-corrected chi connectivity index (χ1v) is 8.25. The van der Waals surface area contributed by atoms with Gasteiger partial charge >= 0.3 is 6.03 Å². The van der Waals surface area contributed by atoms with Crippen LogP contribution >= 0.6 is 0 Å². The molecule has 1 aromatic heterocycles. The van der Waals surface area contributed by atoms with Crippen LogP contribution in [0, 0.1) is 5.82 Å². The number of hydrogen-bond acceptors (Lipinski definition) is 4. The van der Waals surface area contributed by atoms with Gasteiger partial charge in [0, 0.05) is 44.5 Å². The van der Waals surface area contributed by atoms with E-state index in [-0.39, 0.29) is 17.9 Å². The van der Waals surface area contributed by atoms with Gasteiger partial charge in [-0.15, -0.1) is 0 Å². The number of nitrogens with one attached hydrogen (secondary N) is 2. The Balaban J connectivity index is 1.53. The molecule has 2 unspecified atom stereocenters. The summed E-state index contributed by atoms with van der Waals surface area (Å²) in [7, 11) is 1.93. The van der Waals surface area contributed by atoms with Gasteiger partial charge in [0.2, 0.25) is 0 Å². The average molecular weight is 321 g/mol. The fraction of sp³-hybridized carbons (Fsp3) is 0.625. The molecule has 23 heavy (non-hydrogen) atoms. The number of pyridine rings is 1. The second kappa shape index (κ2) is 7.12. The predicted molar refractivity (Wildman–Crippen MR) is 87.0 cm³/mol. The van der Waals surface area contributed by atoms with Gasteiger partial charge in [-0.05, 0) is 38.4 Å². The van der Waals surface area contributed by atoms with Gasteiger partial charge in [-0.25, -0.2) is 14.2 Å². The molecule has 2 N–H and O–H groups in total. The molecule has 0 aromatic carbocycles. The third-order valence-electron chi connectivity index (χ3n) is 4.67. The lowest BCUT2D eigenvalue weighted by Gasteiger charge is -2.33. The summed E-state index contributed by atoms with van der Waals surface area (Å²) >= 11 is 0. The normalized spacial score (nSPS) is 24.8. The van der Waals surface area contributed by atoms with Crippen LogP contribution in [0.5, 0.6) is 0 Å². The van der Waals surface area contributed by atoms with Crippen LogP contribution < -0.4 is 15.5 Å². The minimum atomic E-state index is -0.313. The van der Waals surface area contributed by atoms with Gasteiger partial charge in [0.25, 0.3) is 0 Å². The highest BCUT2D eigenvalue weighted by atomic mass is 19.1. The first-order chi connectivity index (χ1) is 11.2. The Hall–Kier alpha value is -1.89. The summed E-state index contributed by atoms with van der Waals surface area (Å²) in [5, 5.41) is 6.32. The Labute approximate surface area is 136 Å². The van der Waals surface area contributed by atoms with Gasteiger partial charge in [0.15, 0.2) is 11.6 Å². The number of likely N-dealkylation sites (tertiary alicyclic amines) is 1. The maximum absolute atomic E-state index is 13.8. The largest absolute Gasteiger partial charge is 0.352 e. The zero-order chi connectivity index (χ0) is 16.2. The number of carbonyl (C=O) groups excluding carboxylic acids is 1. The maximum atomic E-state index is 13.8. The summed E-state index contributed by atoms with van der Waals surface area (Å²) < 4.78 is 13.8. The van der Waals surface area contributed by atoms with Crippen LogP contribution in [-0.4, -0.2) is 61.2 Å². The minimum absolute atomic E-state index is 0.0155. The van der Waals surface area contributed by atoms with Crippen molar-refractivity contribution >= 4 is 11.8 Å². The number of halogens is 1. The molecule has 1 aromatic rings. The third-order valence-corrected chi connectivity index (χ3v) is 4.67. The molecule has 126 valence electrons. The highest BCUT2D eigenvalue weighted by Crippen LogP contribution is 2.21. The topological polar surface area (TPSA) is 60.5 Å². The highest BCUT2D eigenvalue weighted by Gasteiger charge is 2.29. The molecule has 0 saturated carbocycles. The smallest absolute Gasteiger partial charge is 0.317 e. The molecule has 0 radical (unpaired) electrons. The van der Waals surface area contributed by atoms with Gasteiger partial charge in [-0.2, -0.15) is 0 Å². The zero-order valence-electron chi connectivity index (χ0n) is 13.5. The van der Waals surface area contributed by atoms with Crippen molar-refractivity contribution in [2.24, 2.45) is 0 Å². The monoisotopic (exact) mass is 321 g/mol. The SMILES string of the molecule is CNC1CCCN(C(=O)NC2CCN(c3ncccc3F)C2)C1. The number of nitrogens with zero attached hydrogens (tertiary/aromatic N) is 3. The molecular weight excluding hydrogens is 297 g/mol. The zero-order valence-corrected chi connectivity index (χ0v) is 13.5. The number of rotatable bonds is 3. The van der Waals surface area contributed by atoms with Gasteiger partial charge < -0.3 is 20.4 Å². The molecule has 2 atom stereocenters. The second-order valence-electron chi connectivity index (χ2n) is 6.26. The van der Waals surface area contributed by atoms with Crippen LogP contribution in [0.25, 0.3) is 0 Å². The summed E-state index contributed by atoms with van der Waals surface area (Å²) in [5.41, 5.74) is 0.